The first-order valence-corrected chi connectivity index (χ1v) is 25.9. The fourth-order valence-electron chi connectivity index (χ4n) is 7.86. The van der Waals surface area contributed by atoms with Crippen LogP contribution < -0.4 is 0 Å². The third-order valence-electron chi connectivity index (χ3n) is 11.8. The van der Waals surface area contributed by atoms with Crippen molar-refractivity contribution in [2.45, 2.75) is 297 Å². The van der Waals surface area contributed by atoms with Crippen LogP contribution in [0, 0.1) is 5.92 Å². The van der Waals surface area contributed by atoms with Crippen LogP contribution in [-0.2, 0) is 28.6 Å². The van der Waals surface area contributed by atoms with Gasteiger partial charge in [0.15, 0.2) is 6.10 Å². The molecule has 0 heterocycles. The van der Waals surface area contributed by atoms with E-state index in [1.165, 1.54) is 186 Å². The van der Waals surface area contributed by atoms with Crippen molar-refractivity contribution in [3.05, 3.63) is 0 Å². The second kappa shape index (κ2) is 46.5. The molecule has 344 valence electrons. The topological polar surface area (TPSA) is 78.9 Å². The van der Waals surface area contributed by atoms with E-state index < -0.39 is 6.10 Å². The molecule has 0 unspecified atom stereocenters. The second-order valence-electron chi connectivity index (χ2n) is 18.3. The van der Waals surface area contributed by atoms with Crippen molar-refractivity contribution in [1.29, 1.82) is 0 Å². The van der Waals surface area contributed by atoms with Gasteiger partial charge in [-0.25, -0.2) is 0 Å². The van der Waals surface area contributed by atoms with Crippen LogP contribution >= 0.6 is 0 Å². The smallest absolute Gasteiger partial charge is 0.306 e. The van der Waals surface area contributed by atoms with E-state index in [1.54, 1.807) is 0 Å². The minimum absolute atomic E-state index is 0.0627. The number of hydrogen-bond donors (Lipinski definition) is 0. The second-order valence-corrected chi connectivity index (χ2v) is 18.3. The van der Waals surface area contributed by atoms with Crippen molar-refractivity contribution >= 4 is 17.9 Å². The standard InChI is InChI=1S/C52H100O6/c1-5-7-9-11-13-15-17-19-25-29-33-37-41-45-52(55)58-49(46-56-50(53)43-39-35-31-27-22-16-14-12-10-8-6-2)47-57-51(54)44-40-36-32-28-24-21-18-20-23-26-30-34-38-42-48(3)4/h48-49H,5-47H2,1-4H3/t49-/m0/s1. The summed E-state index contributed by atoms with van der Waals surface area (Å²) < 4.78 is 16.8. The lowest BCUT2D eigenvalue weighted by atomic mass is 10.0. The Labute approximate surface area is 361 Å². The van der Waals surface area contributed by atoms with E-state index in [1.807, 2.05) is 0 Å². The molecule has 58 heavy (non-hydrogen) atoms. The molecule has 0 aliphatic carbocycles. The molecule has 0 aliphatic rings. The van der Waals surface area contributed by atoms with E-state index in [0.717, 1.165) is 63.7 Å². The van der Waals surface area contributed by atoms with Gasteiger partial charge in [-0.1, -0.05) is 252 Å². The number of rotatable bonds is 47. The molecule has 6 nitrogen and oxygen atoms in total. The van der Waals surface area contributed by atoms with Crippen LogP contribution in [0.25, 0.3) is 0 Å². The highest BCUT2D eigenvalue weighted by Gasteiger charge is 2.19. The Morgan fingerprint density at radius 1 is 0.328 bits per heavy atom. The third-order valence-corrected chi connectivity index (χ3v) is 11.8. The fourth-order valence-corrected chi connectivity index (χ4v) is 7.86. The highest BCUT2D eigenvalue weighted by atomic mass is 16.6. The number of carbonyl (C=O) groups excluding carboxylic acids is 3. The zero-order chi connectivity index (χ0) is 42.4. The quantitative estimate of drug-likeness (QED) is 0.0346. The normalized spacial score (nSPS) is 11.9. The van der Waals surface area contributed by atoms with Crippen LogP contribution in [0.15, 0.2) is 0 Å². The molecule has 0 bridgehead atoms. The molecule has 0 N–H and O–H groups in total. The van der Waals surface area contributed by atoms with Gasteiger partial charge in [-0.3, -0.25) is 14.4 Å². The number of esters is 3. The highest BCUT2D eigenvalue weighted by molar-refractivity contribution is 5.71. The van der Waals surface area contributed by atoms with Crippen LogP contribution in [-0.4, -0.2) is 37.2 Å². The summed E-state index contributed by atoms with van der Waals surface area (Å²) in [5.41, 5.74) is 0. The molecule has 0 saturated heterocycles. The molecular weight excluding hydrogens is 721 g/mol. The summed E-state index contributed by atoms with van der Waals surface area (Å²) >= 11 is 0. The van der Waals surface area contributed by atoms with Crippen LogP contribution in [0.1, 0.15) is 291 Å². The minimum Gasteiger partial charge on any atom is -0.462 e. The van der Waals surface area contributed by atoms with Crippen LogP contribution in [0.3, 0.4) is 0 Å². The maximum atomic E-state index is 12.8. The van der Waals surface area contributed by atoms with Gasteiger partial charge < -0.3 is 14.2 Å². The first-order valence-electron chi connectivity index (χ1n) is 25.9. The van der Waals surface area contributed by atoms with Crippen molar-refractivity contribution in [3.63, 3.8) is 0 Å². The Balaban J connectivity index is 4.29. The van der Waals surface area contributed by atoms with E-state index in [4.69, 9.17) is 14.2 Å². The monoisotopic (exact) mass is 821 g/mol. The largest absolute Gasteiger partial charge is 0.462 e. The predicted octanol–water partition coefficient (Wildman–Crippen LogP) is 16.7. The predicted molar refractivity (Wildman–Crippen MR) is 247 cm³/mol. The van der Waals surface area contributed by atoms with Crippen LogP contribution in [0.5, 0.6) is 0 Å². The summed E-state index contributed by atoms with van der Waals surface area (Å²) in [6.45, 7) is 9.03. The molecule has 6 heteroatoms. The minimum atomic E-state index is -0.760. The van der Waals surface area contributed by atoms with E-state index in [0.29, 0.717) is 19.3 Å². The average molecular weight is 821 g/mol. The van der Waals surface area contributed by atoms with E-state index >= 15 is 0 Å². The number of ether oxygens (including phenoxy) is 3. The van der Waals surface area contributed by atoms with Gasteiger partial charge in [-0.15, -0.1) is 0 Å². The SMILES string of the molecule is CCCCCCCCCCCCCCCC(=O)O[C@@H](COC(=O)CCCCCCCCCCCCC)COC(=O)CCCCCCCCCCCCCCCC(C)C. The number of carbonyl (C=O) groups is 3. The highest BCUT2D eigenvalue weighted by Crippen LogP contribution is 2.17. The first kappa shape index (κ1) is 56.4. The molecule has 0 saturated carbocycles. The Bertz CT molecular complexity index is 872. The molecule has 0 spiro atoms. The van der Waals surface area contributed by atoms with Crippen molar-refractivity contribution in [2.75, 3.05) is 13.2 Å². The van der Waals surface area contributed by atoms with Gasteiger partial charge in [0.05, 0.1) is 0 Å². The zero-order valence-electron chi connectivity index (χ0n) is 39.5. The molecule has 0 aliphatic heterocycles. The van der Waals surface area contributed by atoms with Crippen LogP contribution in [0.2, 0.25) is 0 Å². The summed E-state index contributed by atoms with van der Waals surface area (Å²) in [5.74, 6) is -0.00459. The summed E-state index contributed by atoms with van der Waals surface area (Å²) in [5, 5.41) is 0. The maximum absolute atomic E-state index is 12.8. The average Bonchev–Trinajstić information content (AvgIpc) is 3.21. The Morgan fingerprint density at radius 3 is 0.845 bits per heavy atom. The molecule has 0 fully saturated rings. The zero-order valence-corrected chi connectivity index (χ0v) is 39.5. The molecular formula is C52H100O6. The van der Waals surface area contributed by atoms with Crippen molar-refractivity contribution in [1.82, 2.24) is 0 Å². The third kappa shape index (κ3) is 45.5. The Morgan fingerprint density at radius 2 is 0.569 bits per heavy atom. The van der Waals surface area contributed by atoms with Gasteiger partial charge in [0, 0.05) is 19.3 Å². The summed E-state index contributed by atoms with van der Waals surface area (Å²) in [6.07, 6.45) is 48.0. The molecule has 0 aromatic carbocycles. The number of hydrogen-bond acceptors (Lipinski definition) is 6. The molecule has 0 rings (SSSR count). The van der Waals surface area contributed by atoms with Gasteiger partial charge in [0.25, 0.3) is 0 Å². The maximum Gasteiger partial charge on any atom is 0.306 e. The van der Waals surface area contributed by atoms with Crippen molar-refractivity contribution in [3.8, 4) is 0 Å². The molecule has 0 aromatic rings. The van der Waals surface area contributed by atoms with Gasteiger partial charge in [0.1, 0.15) is 13.2 Å². The Kier molecular flexibility index (Phi) is 45.2. The van der Waals surface area contributed by atoms with Crippen molar-refractivity contribution in [2.24, 2.45) is 5.92 Å². The lowest BCUT2D eigenvalue weighted by Gasteiger charge is -2.18. The summed E-state index contributed by atoms with van der Waals surface area (Å²) in [6, 6.07) is 0. The van der Waals surface area contributed by atoms with E-state index in [-0.39, 0.29) is 31.1 Å². The van der Waals surface area contributed by atoms with E-state index in [9.17, 15) is 14.4 Å². The van der Waals surface area contributed by atoms with Gasteiger partial charge in [-0.2, -0.15) is 0 Å². The lowest BCUT2D eigenvalue weighted by molar-refractivity contribution is -0.167. The van der Waals surface area contributed by atoms with Crippen molar-refractivity contribution < 1.29 is 28.6 Å². The van der Waals surface area contributed by atoms with Gasteiger partial charge >= 0.3 is 17.9 Å². The van der Waals surface area contributed by atoms with Gasteiger partial charge in [-0.05, 0) is 25.2 Å². The molecule has 0 amide bonds. The Hall–Kier alpha value is -1.59. The fraction of sp³-hybridized carbons (Fsp3) is 0.942. The van der Waals surface area contributed by atoms with E-state index in [2.05, 4.69) is 27.7 Å². The molecule has 0 aromatic heterocycles. The van der Waals surface area contributed by atoms with Crippen LogP contribution in [0.4, 0.5) is 0 Å². The molecule has 1 atom stereocenters. The number of unbranched alkanes of at least 4 members (excludes halogenated alkanes) is 34. The first-order chi connectivity index (χ1) is 28.4. The molecule has 0 radical (unpaired) electrons. The summed E-state index contributed by atoms with van der Waals surface area (Å²) in [4.78, 5) is 37.9. The lowest BCUT2D eigenvalue weighted by Crippen LogP contribution is -2.30. The summed E-state index contributed by atoms with van der Waals surface area (Å²) in [7, 11) is 0. The van der Waals surface area contributed by atoms with Gasteiger partial charge in [0.2, 0.25) is 0 Å².